The van der Waals surface area contributed by atoms with Crippen molar-refractivity contribution in [1.82, 2.24) is 5.32 Å². The highest BCUT2D eigenvalue weighted by Crippen LogP contribution is 2.46. The zero-order valence-electron chi connectivity index (χ0n) is 17.5. The van der Waals surface area contributed by atoms with Crippen LogP contribution in [0.15, 0.2) is 66.7 Å². The summed E-state index contributed by atoms with van der Waals surface area (Å²) in [5, 5.41) is 14.6. The monoisotopic (exact) mass is 431 g/mol. The average molecular weight is 431 g/mol. The van der Waals surface area contributed by atoms with E-state index < -0.39 is 11.6 Å². The second-order valence-corrected chi connectivity index (χ2v) is 7.44. The highest BCUT2D eigenvalue weighted by molar-refractivity contribution is 6.31. The molecule has 7 heteroatoms. The molecule has 2 aliphatic rings. The number of ether oxygens (including phenoxy) is 4. The van der Waals surface area contributed by atoms with Gasteiger partial charge in [0.1, 0.15) is 11.5 Å². The van der Waals surface area contributed by atoms with Gasteiger partial charge in [0.15, 0.2) is 17.2 Å². The van der Waals surface area contributed by atoms with Crippen molar-refractivity contribution in [2.75, 3.05) is 21.0 Å². The first kappa shape index (κ1) is 20.0. The molecule has 0 aromatic heterocycles. The summed E-state index contributed by atoms with van der Waals surface area (Å²) in [5.74, 6) is 2.09. The van der Waals surface area contributed by atoms with Gasteiger partial charge >= 0.3 is 0 Å². The van der Waals surface area contributed by atoms with Crippen LogP contribution in [0.4, 0.5) is 0 Å². The fraction of sp³-hybridized carbons (Fsp3) is 0.160. The fourth-order valence-corrected chi connectivity index (χ4v) is 4.07. The molecule has 0 saturated heterocycles. The van der Waals surface area contributed by atoms with Gasteiger partial charge in [-0.2, -0.15) is 0 Å². The minimum absolute atomic E-state index is 0.130. The van der Waals surface area contributed by atoms with Gasteiger partial charge < -0.3 is 29.4 Å². The summed E-state index contributed by atoms with van der Waals surface area (Å²) in [6.45, 7) is 0.130. The molecule has 7 nitrogen and oxygen atoms in total. The Morgan fingerprint density at radius 1 is 0.844 bits per heavy atom. The molecule has 0 radical (unpaired) electrons. The van der Waals surface area contributed by atoms with Gasteiger partial charge in [-0.3, -0.25) is 4.79 Å². The molecule has 32 heavy (non-hydrogen) atoms. The molecule has 2 aliphatic heterocycles. The first-order valence-corrected chi connectivity index (χ1v) is 10.0. The highest BCUT2D eigenvalue weighted by atomic mass is 16.7. The Bertz CT molecular complexity index is 1220. The molecule has 3 aromatic rings. The van der Waals surface area contributed by atoms with Gasteiger partial charge in [0, 0.05) is 11.1 Å². The van der Waals surface area contributed by atoms with Crippen molar-refractivity contribution in [3.8, 4) is 23.0 Å². The molecule has 0 saturated carbocycles. The van der Waals surface area contributed by atoms with Crippen LogP contribution in [0, 0.1) is 0 Å². The second-order valence-electron chi connectivity index (χ2n) is 7.44. The van der Waals surface area contributed by atoms with Crippen LogP contribution >= 0.6 is 0 Å². The molecule has 1 unspecified atom stereocenters. The van der Waals surface area contributed by atoms with E-state index in [2.05, 4.69) is 5.32 Å². The Morgan fingerprint density at radius 3 is 2.09 bits per heavy atom. The summed E-state index contributed by atoms with van der Waals surface area (Å²) in [7, 11) is 3.15. The van der Waals surface area contributed by atoms with E-state index in [1.165, 1.54) is 0 Å². The van der Waals surface area contributed by atoms with Gasteiger partial charge in [0.2, 0.25) is 6.79 Å². The predicted octanol–water partition coefficient (Wildman–Crippen LogP) is 3.32. The van der Waals surface area contributed by atoms with Crippen molar-refractivity contribution in [2.24, 2.45) is 0 Å². The van der Waals surface area contributed by atoms with Crippen LogP contribution in [0.5, 0.6) is 23.0 Å². The number of carbonyl (C=O) groups is 1. The fourth-order valence-electron chi connectivity index (χ4n) is 4.07. The molecule has 5 rings (SSSR count). The minimum atomic E-state index is -1.75. The number of nitrogens with one attached hydrogen (secondary N) is 1. The van der Waals surface area contributed by atoms with Gasteiger partial charge in [-0.05, 0) is 47.5 Å². The number of hydrogen-bond acceptors (Lipinski definition) is 6. The quantitative estimate of drug-likeness (QED) is 0.645. The van der Waals surface area contributed by atoms with Crippen LogP contribution < -0.4 is 24.3 Å². The maximum atomic E-state index is 13.2. The number of methoxy groups -OCH3 is 2. The largest absolute Gasteiger partial charge is 0.497 e. The molecule has 0 fully saturated rings. The first-order valence-electron chi connectivity index (χ1n) is 10.0. The smallest absolute Gasteiger partial charge is 0.255 e. The van der Waals surface area contributed by atoms with Crippen molar-refractivity contribution in [1.29, 1.82) is 0 Å². The predicted molar refractivity (Wildman–Crippen MR) is 117 cm³/mol. The Balaban J connectivity index is 1.72. The van der Waals surface area contributed by atoms with Crippen molar-refractivity contribution < 1.29 is 28.8 Å². The van der Waals surface area contributed by atoms with Crippen LogP contribution in [0.1, 0.15) is 16.7 Å². The SMILES string of the molecule is COc1ccc(C2=C(c3ccc4c(c3)OCO4)C(=O)NC2(O)c2ccc(OC)cc2)cc1. The summed E-state index contributed by atoms with van der Waals surface area (Å²) >= 11 is 0. The number of carbonyl (C=O) groups excluding carboxylic acids is 1. The zero-order chi connectivity index (χ0) is 22.3. The number of rotatable bonds is 5. The average Bonchev–Trinajstić information content (AvgIpc) is 3.40. The van der Waals surface area contributed by atoms with E-state index in [0.717, 1.165) is 0 Å². The van der Waals surface area contributed by atoms with Crippen LogP contribution in [-0.4, -0.2) is 32.0 Å². The molecule has 0 bridgehead atoms. The molecule has 1 atom stereocenters. The summed E-state index contributed by atoms with van der Waals surface area (Å²) in [6.07, 6.45) is 0. The second kappa shape index (κ2) is 7.62. The van der Waals surface area contributed by atoms with Crippen molar-refractivity contribution in [3.05, 3.63) is 83.4 Å². The molecular weight excluding hydrogens is 410 g/mol. The summed E-state index contributed by atoms with van der Waals surface area (Å²) in [5.41, 5.74) is 0.843. The lowest BCUT2D eigenvalue weighted by molar-refractivity contribution is -0.119. The third kappa shape index (κ3) is 3.14. The number of hydrogen-bond donors (Lipinski definition) is 2. The highest BCUT2D eigenvalue weighted by Gasteiger charge is 2.46. The lowest BCUT2D eigenvalue weighted by Gasteiger charge is -2.27. The minimum Gasteiger partial charge on any atom is -0.497 e. The lowest BCUT2D eigenvalue weighted by Crippen LogP contribution is -2.41. The molecule has 162 valence electrons. The molecular formula is C25H21NO6. The summed E-state index contributed by atoms with van der Waals surface area (Å²) < 4.78 is 21.4. The van der Waals surface area contributed by atoms with Crippen LogP contribution in [0.25, 0.3) is 11.1 Å². The molecule has 2 N–H and O–H groups in total. The van der Waals surface area contributed by atoms with Gasteiger partial charge in [0.05, 0.1) is 19.8 Å². The van der Waals surface area contributed by atoms with Crippen molar-refractivity contribution in [2.45, 2.75) is 5.72 Å². The van der Waals surface area contributed by atoms with Crippen molar-refractivity contribution in [3.63, 3.8) is 0 Å². The van der Waals surface area contributed by atoms with Gasteiger partial charge in [-0.25, -0.2) is 0 Å². The van der Waals surface area contributed by atoms with Gasteiger partial charge in [-0.15, -0.1) is 0 Å². The van der Waals surface area contributed by atoms with E-state index >= 15 is 0 Å². The van der Waals surface area contributed by atoms with E-state index in [1.54, 1.807) is 68.8 Å². The van der Waals surface area contributed by atoms with E-state index in [-0.39, 0.29) is 6.79 Å². The van der Waals surface area contributed by atoms with E-state index in [0.29, 0.717) is 50.8 Å². The maximum Gasteiger partial charge on any atom is 0.255 e. The maximum absolute atomic E-state index is 13.2. The van der Waals surface area contributed by atoms with Crippen LogP contribution in [0.2, 0.25) is 0 Å². The van der Waals surface area contributed by atoms with E-state index in [9.17, 15) is 9.90 Å². The van der Waals surface area contributed by atoms with Crippen LogP contribution in [-0.2, 0) is 10.5 Å². The van der Waals surface area contributed by atoms with Gasteiger partial charge in [-0.1, -0.05) is 30.3 Å². The molecule has 0 spiro atoms. The third-order valence-electron chi connectivity index (χ3n) is 5.68. The standard InChI is InChI=1S/C25H21NO6/c1-29-18-8-3-15(4-9-18)23-22(16-5-12-20-21(13-16)32-14-31-20)24(27)26-25(23,28)17-6-10-19(30-2)11-7-17/h3-13,28H,14H2,1-2H3,(H,26,27). The van der Waals surface area contributed by atoms with E-state index in [1.807, 2.05) is 12.1 Å². The molecule has 2 heterocycles. The topological polar surface area (TPSA) is 86.3 Å². The third-order valence-corrected chi connectivity index (χ3v) is 5.68. The number of fused-ring (bicyclic) bond motifs is 1. The molecule has 3 aromatic carbocycles. The Kier molecular flexibility index (Phi) is 4.75. The normalized spacial score (nSPS) is 19.2. The Labute approximate surface area is 184 Å². The van der Waals surface area contributed by atoms with E-state index in [4.69, 9.17) is 18.9 Å². The lowest BCUT2D eigenvalue weighted by atomic mass is 9.86. The number of amides is 1. The number of aliphatic hydroxyl groups is 1. The summed E-state index contributed by atoms with van der Waals surface area (Å²) in [6, 6.07) is 19.4. The molecule has 0 aliphatic carbocycles. The van der Waals surface area contributed by atoms with Crippen LogP contribution in [0.3, 0.4) is 0 Å². The van der Waals surface area contributed by atoms with Gasteiger partial charge in [0.25, 0.3) is 5.91 Å². The summed E-state index contributed by atoms with van der Waals surface area (Å²) in [4.78, 5) is 13.2. The Hall–Kier alpha value is -3.97. The number of benzene rings is 3. The Morgan fingerprint density at radius 2 is 1.44 bits per heavy atom. The molecule has 1 amide bonds. The zero-order valence-corrected chi connectivity index (χ0v) is 17.5. The van der Waals surface area contributed by atoms with Crippen molar-refractivity contribution >= 4 is 17.1 Å². The first-order chi connectivity index (χ1) is 15.5.